The molecule has 0 N–H and O–H groups in total. The van der Waals surface area contributed by atoms with Crippen LogP contribution in [0.2, 0.25) is 0 Å². The Bertz CT molecular complexity index is 1170. The molecule has 2 heteroatoms. The zero-order valence-electron chi connectivity index (χ0n) is 15.3. The third-order valence-electron chi connectivity index (χ3n) is 4.79. The quantitative estimate of drug-likeness (QED) is 0.467. The summed E-state index contributed by atoms with van der Waals surface area (Å²) in [5, 5.41) is 1.08. The maximum Gasteiger partial charge on any atom is 0.256 e. The Morgan fingerprint density at radius 3 is 2.12 bits per heavy atom. The van der Waals surface area contributed by atoms with Crippen molar-refractivity contribution in [3.05, 3.63) is 99.8 Å². The van der Waals surface area contributed by atoms with E-state index in [4.69, 9.17) is 0 Å². The molecule has 1 aromatic heterocycles. The number of benzene rings is 3. The largest absolute Gasteiger partial charge is 0.277 e. The lowest BCUT2D eigenvalue weighted by Crippen LogP contribution is -2.18. The van der Waals surface area contributed by atoms with Crippen LogP contribution in [-0.2, 0) is 0 Å². The van der Waals surface area contributed by atoms with Gasteiger partial charge in [0.25, 0.3) is 5.56 Å². The number of rotatable bonds is 2. The Morgan fingerprint density at radius 2 is 1.38 bits per heavy atom. The standard InChI is InChI=1S/C24H21NO/c1-16-7-10-19(11-8-16)22-15-24(26)25(20-6-4-5-17(2)13-20)23-14-18(3)9-12-21(22)23/h4-15H,1-3H3. The van der Waals surface area contributed by atoms with Gasteiger partial charge in [0.15, 0.2) is 0 Å². The SMILES string of the molecule is Cc1ccc(-c2cc(=O)n(-c3cccc(C)c3)c3cc(C)ccc23)cc1. The van der Waals surface area contributed by atoms with Gasteiger partial charge in [0, 0.05) is 17.1 Å². The lowest BCUT2D eigenvalue weighted by Gasteiger charge is -2.15. The molecule has 0 radical (unpaired) electrons. The number of hydrogen-bond donors (Lipinski definition) is 0. The number of hydrogen-bond acceptors (Lipinski definition) is 1. The molecule has 0 unspecified atom stereocenters. The van der Waals surface area contributed by atoms with E-state index in [0.29, 0.717) is 0 Å². The van der Waals surface area contributed by atoms with Gasteiger partial charge in [0.1, 0.15) is 0 Å². The Labute approximate surface area is 153 Å². The van der Waals surface area contributed by atoms with E-state index >= 15 is 0 Å². The van der Waals surface area contributed by atoms with Crippen molar-refractivity contribution in [2.24, 2.45) is 0 Å². The Hall–Kier alpha value is -3.13. The van der Waals surface area contributed by atoms with E-state index in [1.165, 1.54) is 5.56 Å². The van der Waals surface area contributed by atoms with E-state index in [-0.39, 0.29) is 5.56 Å². The molecule has 128 valence electrons. The fraction of sp³-hybridized carbons (Fsp3) is 0.125. The Kier molecular flexibility index (Phi) is 3.96. The molecular weight excluding hydrogens is 318 g/mol. The van der Waals surface area contributed by atoms with Crippen molar-refractivity contribution < 1.29 is 0 Å². The summed E-state index contributed by atoms with van der Waals surface area (Å²) in [6.07, 6.45) is 0. The van der Waals surface area contributed by atoms with Crippen LogP contribution in [0.3, 0.4) is 0 Å². The molecule has 0 saturated heterocycles. The van der Waals surface area contributed by atoms with Crippen molar-refractivity contribution in [3.63, 3.8) is 0 Å². The molecule has 0 atom stereocenters. The van der Waals surface area contributed by atoms with Gasteiger partial charge in [-0.2, -0.15) is 0 Å². The first-order chi connectivity index (χ1) is 12.5. The molecule has 0 aliphatic rings. The van der Waals surface area contributed by atoms with Crippen molar-refractivity contribution in [3.8, 4) is 16.8 Å². The van der Waals surface area contributed by atoms with Gasteiger partial charge in [-0.15, -0.1) is 0 Å². The number of aromatic nitrogens is 1. The van der Waals surface area contributed by atoms with Crippen LogP contribution in [0.25, 0.3) is 27.7 Å². The van der Waals surface area contributed by atoms with Gasteiger partial charge < -0.3 is 0 Å². The number of nitrogens with zero attached hydrogens (tertiary/aromatic N) is 1. The minimum absolute atomic E-state index is 0.00993. The molecule has 0 fully saturated rings. The molecule has 3 aromatic carbocycles. The summed E-state index contributed by atoms with van der Waals surface area (Å²) >= 11 is 0. The molecule has 0 aliphatic heterocycles. The van der Waals surface area contributed by atoms with Crippen LogP contribution in [0.15, 0.2) is 77.6 Å². The van der Waals surface area contributed by atoms with Crippen LogP contribution < -0.4 is 5.56 Å². The Morgan fingerprint density at radius 1 is 0.692 bits per heavy atom. The fourth-order valence-electron chi connectivity index (χ4n) is 3.44. The highest BCUT2D eigenvalue weighted by Gasteiger charge is 2.12. The van der Waals surface area contributed by atoms with Crippen LogP contribution in [-0.4, -0.2) is 4.57 Å². The second-order valence-corrected chi connectivity index (χ2v) is 6.96. The number of pyridine rings is 1. The van der Waals surface area contributed by atoms with Crippen LogP contribution >= 0.6 is 0 Å². The van der Waals surface area contributed by atoms with Crippen molar-refractivity contribution in [1.29, 1.82) is 0 Å². The summed E-state index contributed by atoms with van der Waals surface area (Å²) in [4.78, 5) is 13.1. The highest BCUT2D eigenvalue weighted by atomic mass is 16.1. The molecular formula is C24H21NO. The predicted octanol–water partition coefficient (Wildman–Crippen LogP) is 5.58. The predicted molar refractivity (Wildman–Crippen MR) is 109 cm³/mol. The van der Waals surface area contributed by atoms with E-state index < -0.39 is 0 Å². The molecule has 2 nitrogen and oxygen atoms in total. The maximum absolute atomic E-state index is 13.1. The minimum Gasteiger partial charge on any atom is -0.277 e. The van der Waals surface area contributed by atoms with Crippen LogP contribution in [0.4, 0.5) is 0 Å². The zero-order chi connectivity index (χ0) is 18.3. The van der Waals surface area contributed by atoms with E-state index in [9.17, 15) is 4.79 Å². The number of aryl methyl sites for hydroxylation is 3. The first-order valence-electron chi connectivity index (χ1n) is 8.83. The summed E-state index contributed by atoms with van der Waals surface area (Å²) in [5.74, 6) is 0. The van der Waals surface area contributed by atoms with E-state index in [2.05, 4.69) is 62.4 Å². The Balaban J connectivity index is 2.08. The summed E-state index contributed by atoms with van der Waals surface area (Å²) < 4.78 is 1.81. The topological polar surface area (TPSA) is 22.0 Å². The molecule has 4 aromatic rings. The minimum atomic E-state index is -0.00993. The van der Waals surface area contributed by atoms with Gasteiger partial charge in [0.2, 0.25) is 0 Å². The second kappa shape index (κ2) is 6.30. The van der Waals surface area contributed by atoms with Gasteiger partial charge >= 0.3 is 0 Å². The first-order valence-corrected chi connectivity index (χ1v) is 8.83. The average Bonchev–Trinajstić information content (AvgIpc) is 2.61. The van der Waals surface area contributed by atoms with Gasteiger partial charge in [-0.05, 0) is 61.2 Å². The lowest BCUT2D eigenvalue weighted by molar-refractivity contribution is 1.04. The van der Waals surface area contributed by atoms with E-state index in [1.54, 1.807) is 6.07 Å². The van der Waals surface area contributed by atoms with Crippen molar-refractivity contribution in [2.45, 2.75) is 20.8 Å². The number of fused-ring (bicyclic) bond motifs is 1. The molecule has 0 amide bonds. The van der Waals surface area contributed by atoms with Crippen LogP contribution in [0.1, 0.15) is 16.7 Å². The van der Waals surface area contributed by atoms with Gasteiger partial charge in [-0.25, -0.2) is 0 Å². The monoisotopic (exact) mass is 339 g/mol. The molecule has 0 saturated carbocycles. The molecule has 0 spiro atoms. The van der Waals surface area contributed by atoms with E-state index in [0.717, 1.165) is 38.8 Å². The van der Waals surface area contributed by atoms with Crippen molar-refractivity contribution in [1.82, 2.24) is 4.57 Å². The highest BCUT2D eigenvalue weighted by Crippen LogP contribution is 2.29. The highest BCUT2D eigenvalue weighted by molar-refractivity contribution is 5.95. The smallest absolute Gasteiger partial charge is 0.256 e. The fourth-order valence-corrected chi connectivity index (χ4v) is 3.44. The van der Waals surface area contributed by atoms with Gasteiger partial charge in [-0.1, -0.05) is 54.1 Å². The normalized spacial score (nSPS) is 11.0. The molecule has 0 bridgehead atoms. The zero-order valence-corrected chi connectivity index (χ0v) is 15.3. The van der Waals surface area contributed by atoms with E-state index in [1.807, 2.05) is 29.7 Å². The summed E-state index contributed by atoms with van der Waals surface area (Å²) in [5.41, 5.74) is 7.37. The lowest BCUT2D eigenvalue weighted by atomic mass is 9.99. The van der Waals surface area contributed by atoms with Gasteiger partial charge in [0.05, 0.1) is 5.52 Å². The van der Waals surface area contributed by atoms with Gasteiger partial charge in [-0.3, -0.25) is 9.36 Å². The maximum atomic E-state index is 13.1. The van der Waals surface area contributed by atoms with Crippen molar-refractivity contribution in [2.75, 3.05) is 0 Å². The third kappa shape index (κ3) is 2.84. The van der Waals surface area contributed by atoms with Crippen LogP contribution in [0, 0.1) is 20.8 Å². The van der Waals surface area contributed by atoms with Crippen molar-refractivity contribution >= 4 is 10.9 Å². The summed E-state index contributed by atoms with van der Waals surface area (Å²) in [6.45, 7) is 6.17. The summed E-state index contributed by atoms with van der Waals surface area (Å²) in [7, 11) is 0. The molecule has 0 aliphatic carbocycles. The first kappa shape index (κ1) is 16.3. The second-order valence-electron chi connectivity index (χ2n) is 6.96. The summed E-state index contributed by atoms with van der Waals surface area (Å²) in [6, 6.07) is 24.5. The molecule has 26 heavy (non-hydrogen) atoms. The third-order valence-corrected chi connectivity index (χ3v) is 4.79. The molecule has 1 heterocycles. The molecule has 4 rings (SSSR count). The average molecular weight is 339 g/mol. The van der Waals surface area contributed by atoms with Crippen LogP contribution in [0.5, 0.6) is 0 Å².